The molecule has 0 aliphatic carbocycles. The van der Waals surface area contributed by atoms with E-state index in [4.69, 9.17) is 0 Å². The smallest absolute Gasteiger partial charge is 0.123 e. The average Bonchev–Trinajstić information content (AvgIpc) is 2.49. The zero-order valence-corrected chi connectivity index (χ0v) is 11.7. The first kappa shape index (κ1) is 13.3. The monoisotopic (exact) mass is 279 g/mol. The zero-order valence-electron chi connectivity index (χ0n) is 11.7. The molecule has 1 atom stereocenters. The van der Waals surface area contributed by atoms with Crippen molar-refractivity contribution in [2.24, 2.45) is 0 Å². The molecule has 3 nitrogen and oxygen atoms in total. The summed E-state index contributed by atoms with van der Waals surface area (Å²) in [5.74, 6) is 0.548. The lowest BCUT2D eigenvalue weighted by molar-refractivity contribution is 0.465. The fourth-order valence-electron chi connectivity index (χ4n) is 2.58. The summed E-state index contributed by atoms with van der Waals surface area (Å²) in [5, 5.41) is 25.0. The first-order valence-corrected chi connectivity index (χ1v) is 6.92. The molecule has 3 aromatic rings. The molecule has 1 unspecified atom stereocenters. The van der Waals surface area contributed by atoms with Gasteiger partial charge in [0.2, 0.25) is 0 Å². The van der Waals surface area contributed by atoms with Crippen molar-refractivity contribution in [2.45, 2.75) is 13.0 Å². The van der Waals surface area contributed by atoms with Gasteiger partial charge in [0.05, 0.1) is 6.04 Å². The highest BCUT2D eigenvalue weighted by molar-refractivity contribution is 5.97. The lowest BCUT2D eigenvalue weighted by Gasteiger charge is -2.18. The summed E-state index contributed by atoms with van der Waals surface area (Å²) in [6, 6.07) is 18.5. The van der Waals surface area contributed by atoms with Crippen molar-refractivity contribution in [2.75, 3.05) is 5.32 Å². The molecule has 106 valence electrons. The third-order valence-corrected chi connectivity index (χ3v) is 3.67. The van der Waals surface area contributed by atoms with E-state index in [1.807, 2.05) is 55.5 Å². The Morgan fingerprint density at radius 1 is 0.762 bits per heavy atom. The second kappa shape index (κ2) is 5.37. The van der Waals surface area contributed by atoms with Gasteiger partial charge in [0.25, 0.3) is 0 Å². The van der Waals surface area contributed by atoms with Crippen LogP contribution in [0.15, 0.2) is 60.7 Å². The van der Waals surface area contributed by atoms with Gasteiger partial charge in [0.1, 0.15) is 11.5 Å². The first-order chi connectivity index (χ1) is 10.2. The third kappa shape index (κ3) is 2.50. The van der Waals surface area contributed by atoms with E-state index in [-0.39, 0.29) is 17.5 Å². The van der Waals surface area contributed by atoms with E-state index in [0.29, 0.717) is 0 Å². The first-order valence-electron chi connectivity index (χ1n) is 6.92. The molecule has 3 aromatic carbocycles. The van der Waals surface area contributed by atoms with Gasteiger partial charge in [-0.05, 0) is 25.1 Å². The largest absolute Gasteiger partial charge is 0.508 e. The van der Waals surface area contributed by atoms with Crippen LogP contribution in [-0.2, 0) is 0 Å². The molecule has 3 heteroatoms. The summed E-state index contributed by atoms with van der Waals surface area (Å²) in [4.78, 5) is 0. The van der Waals surface area contributed by atoms with Crippen molar-refractivity contribution in [1.82, 2.24) is 0 Å². The third-order valence-electron chi connectivity index (χ3n) is 3.67. The Bertz CT molecular complexity index is 783. The number of phenolic OH excluding ortho intramolecular Hbond substituents is 2. The van der Waals surface area contributed by atoms with Crippen LogP contribution in [0, 0.1) is 0 Å². The normalized spacial score (nSPS) is 12.2. The second-order valence-electron chi connectivity index (χ2n) is 5.10. The van der Waals surface area contributed by atoms with Crippen molar-refractivity contribution >= 4 is 16.5 Å². The predicted octanol–water partition coefficient (Wildman–Crippen LogP) is 4.42. The number of benzene rings is 3. The molecule has 0 saturated heterocycles. The quantitative estimate of drug-likeness (QED) is 0.665. The summed E-state index contributed by atoms with van der Waals surface area (Å²) >= 11 is 0. The number of fused-ring (bicyclic) bond motifs is 1. The predicted molar refractivity (Wildman–Crippen MR) is 85.8 cm³/mol. The lowest BCUT2D eigenvalue weighted by Crippen LogP contribution is -2.07. The molecule has 0 fully saturated rings. The molecular formula is C18H17NO2. The Kier molecular flexibility index (Phi) is 3.40. The molecule has 0 saturated carbocycles. The minimum atomic E-state index is -0.0425. The minimum Gasteiger partial charge on any atom is -0.508 e. The lowest BCUT2D eigenvalue weighted by atomic mass is 10.0. The Morgan fingerprint density at radius 3 is 2.24 bits per heavy atom. The maximum atomic E-state index is 9.94. The van der Waals surface area contributed by atoms with Crippen molar-refractivity contribution in [3.63, 3.8) is 0 Å². The molecule has 3 N–H and O–H groups in total. The Hall–Kier alpha value is -2.68. The second-order valence-corrected chi connectivity index (χ2v) is 5.10. The Labute approximate surface area is 123 Å². The number of rotatable bonds is 3. The molecule has 21 heavy (non-hydrogen) atoms. The summed E-state index contributed by atoms with van der Waals surface area (Å²) in [7, 11) is 0. The van der Waals surface area contributed by atoms with E-state index in [0.717, 1.165) is 22.0 Å². The highest BCUT2D eigenvalue weighted by Crippen LogP contribution is 2.33. The Balaban J connectivity index is 1.99. The van der Waals surface area contributed by atoms with Crippen LogP contribution in [0.3, 0.4) is 0 Å². The standard InChI is InChI=1S/C18H17NO2/c1-12(13-6-2-3-10-17(13)20)19-16-9-4-8-15-14(16)7-5-11-18(15)21/h2-12,19-21H,1H3. The van der Waals surface area contributed by atoms with Crippen molar-refractivity contribution in [3.05, 3.63) is 66.2 Å². The van der Waals surface area contributed by atoms with Crippen LogP contribution in [0.5, 0.6) is 11.5 Å². The van der Waals surface area contributed by atoms with Crippen molar-refractivity contribution < 1.29 is 10.2 Å². The van der Waals surface area contributed by atoms with E-state index < -0.39 is 0 Å². The van der Waals surface area contributed by atoms with Crippen LogP contribution in [-0.4, -0.2) is 10.2 Å². The molecule has 0 spiro atoms. The number of aromatic hydroxyl groups is 2. The van der Waals surface area contributed by atoms with E-state index in [2.05, 4.69) is 5.32 Å². The van der Waals surface area contributed by atoms with Crippen LogP contribution in [0.25, 0.3) is 10.8 Å². The Morgan fingerprint density at radius 2 is 1.43 bits per heavy atom. The van der Waals surface area contributed by atoms with Crippen LogP contribution in [0.1, 0.15) is 18.5 Å². The fraction of sp³-hybridized carbons (Fsp3) is 0.111. The van der Waals surface area contributed by atoms with Crippen molar-refractivity contribution in [1.29, 1.82) is 0 Å². The van der Waals surface area contributed by atoms with Crippen LogP contribution in [0.4, 0.5) is 5.69 Å². The summed E-state index contributed by atoms with van der Waals surface area (Å²) in [5.41, 5.74) is 1.77. The molecule has 0 aromatic heterocycles. The van der Waals surface area contributed by atoms with E-state index in [1.54, 1.807) is 12.1 Å². The van der Waals surface area contributed by atoms with Gasteiger partial charge in [-0.25, -0.2) is 0 Å². The SMILES string of the molecule is CC(Nc1cccc2c(O)cccc12)c1ccccc1O. The maximum absolute atomic E-state index is 9.94. The maximum Gasteiger partial charge on any atom is 0.123 e. The molecule has 0 aliphatic rings. The van der Waals surface area contributed by atoms with Gasteiger partial charge in [-0.3, -0.25) is 0 Å². The van der Waals surface area contributed by atoms with Gasteiger partial charge in [-0.1, -0.05) is 42.5 Å². The number of hydrogen-bond donors (Lipinski definition) is 3. The molecule has 0 radical (unpaired) electrons. The summed E-state index contributed by atoms with van der Waals surface area (Å²) in [6.07, 6.45) is 0. The summed E-state index contributed by atoms with van der Waals surface area (Å²) in [6.45, 7) is 2.00. The summed E-state index contributed by atoms with van der Waals surface area (Å²) < 4.78 is 0. The zero-order chi connectivity index (χ0) is 14.8. The topological polar surface area (TPSA) is 52.5 Å². The average molecular weight is 279 g/mol. The number of phenols is 2. The number of para-hydroxylation sites is 1. The fourth-order valence-corrected chi connectivity index (χ4v) is 2.58. The molecule has 3 rings (SSSR count). The van der Waals surface area contributed by atoms with E-state index in [9.17, 15) is 10.2 Å². The van der Waals surface area contributed by atoms with Crippen LogP contribution in [0.2, 0.25) is 0 Å². The molecule has 0 bridgehead atoms. The van der Waals surface area contributed by atoms with Crippen molar-refractivity contribution in [3.8, 4) is 11.5 Å². The molecule has 0 amide bonds. The number of nitrogens with one attached hydrogen (secondary N) is 1. The van der Waals surface area contributed by atoms with Crippen LogP contribution < -0.4 is 5.32 Å². The van der Waals surface area contributed by atoms with Gasteiger partial charge < -0.3 is 15.5 Å². The number of anilines is 1. The van der Waals surface area contributed by atoms with Gasteiger partial charge >= 0.3 is 0 Å². The highest BCUT2D eigenvalue weighted by Gasteiger charge is 2.11. The molecular weight excluding hydrogens is 262 g/mol. The van der Waals surface area contributed by atoms with Gasteiger partial charge in [-0.2, -0.15) is 0 Å². The minimum absolute atomic E-state index is 0.0425. The number of hydrogen-bond acceptors (Lipinski definition) is 3. The van der Waals surface area contributed by atoms with Crippen LogP contribution >= 0.6 is 0 Å². The molecule has 0 heterocycles. The molecule has 0 aliphatic heterocycles. The van der Waals surface area contributed by atoms with Gasteiger partial charge in [-0.15, -0.1) is 0 Å². The highest BCUT2D eigenvalue weighted by atomic mass is 16.3. The van der Waals surface area contributed by atoms with Gasteiger partial charge in [0.15, 0.2) is 0 Å². The van der Waals surface area contributed by atoms with E-state index >= 15 is 0 Å². The van der Waals surface area contributed by atoms with E-state index in [1.165, 1.54) is 0 Å². The van der Waals surface area contributed by atoms with Gasteiger partial charge in [0, 0.05) is 22.0 Å².